The number of anilines is 1. The van der Waals surface area contributed by atoms with Crippen LogP contribution < -0.4 is 15.7 Å². The molecule has 2 N–H and O–H groups in total. The molecule has 6 nitrogen and oxygen atoms in total. The van der Waals surface area contributed by atoms with Gasteiger partial charge in [-0.1, -0.05) is 48.0 Å². The van der Waals surface area contributed by atoms with E-state index in [0.29, 0.717) is 28.6 Å². The molecule has 0 spiro atoms. The second-order valence-electron chi connectivity index (χ2n) is 6.92. The number of hydrogen-bond acceptors (Lipinski definition) is 5. The van der Waals surface area contributed by atoms with Crippen LogP contribution in [0.5, 0.6) is 11.5 Å². The van der Waals surface area contributed by atoms with Crippen molar-refractivity contribution in [2.45, 2.75) is 13.5 Å². The normalized spacial score (nSPS) is 10.8. The Morgan fingerprint density at radius 1 is 1.10 bits per heavy atom. The first-order valence-corrected chi connectivity index (χ1v) is 9.85. The Kier molecular flexibility index (Phi) is 5.64. The van der Waals surface area contributed by atoms with Crippen LogP contribution in [0.3, 0.4) is 0 Å². The van der Waals surface area contributed by atoms with E-state index in [-0.39, 0.29) is 11.0 Å². The predicted molar refractivity (Wildman–Crippen MR) is 119 cm³/mol. The zero-order valence-electron chi connectivity index (χ0n) is 16.5. The van der Waals surface area contributed by atoms with Gasteiger partial charge in [0.1, 0.15) is 23.7 Å². The number of carbonyl (C=O) groups is 1. The number of rotatable bonds is 5. The molecular formula is C24H18ClNO5. The van der Waals surface area contributed by atoms with Gasteiger partial charge >= 0.3 is 5.63 Å². The second kappa shape index (κ2) is 8.53. The van der Waals surface area contributed by atoms with E-state index < -0.39 is 22.8 Å². The van der Waals surface area contributed by atoms with Crippen LogP contribution in [0.1, 0.15) is 21.5 Å². The first-order chi connectivity index (χ1) is 14.9. The quantitative estimate of drug-likeness (QED) is 0.416. The average Bonchev–Trinajstić information content (AvgIpc) is 2.74. The molecule has 156 valence electrons. The molecule has 31 heavy (non-hydrogen) atoms. The van der Waals surface area contributed by atoms with Gasteiger partial charge < -0.3 is 19.6 Å². The summed E-state index contributed by atoms with van der Waals surface area (Å²) in [5, 5.41) is 13.9. The van der Waals surface area contributed by atoms with Gasteiger partial charge in [0.05, 0.1) is 5.39 Å². The van der Waals surface area contributed by atoms with E-state index in [9.17, 15) is 14.7 Å². The number of aryl methyl sites for hydroxylation is 1. The molecule has 0 saturated carbocycles. The molecule has 1 amide bonds. The van der Waals surface area contributed by atoms with Crippen molar-refractivity contribution in [1.29, 1.82) is 0 Å². The number of benzene rings is 3. The summed E-state index contributed by atoms with van der Waals surface area (Å²) in [5.74, 6) is -0.740. The molecule has 4 aromatic rings. The monoisotopic (exact) mass is 435 g/mol. The highest BCUT2D eigenvalue weighted by molar-refractivity contribution is 6.31. The third-order valence-corrected chi connectivity index (χ3v) is 5.03. The summed E-state index contributed by atoms with van der Waals surface area (Å²) in [6.45, 7) is 2.06. The molecule has 0 aliphatic rings. The number of hydrogen-bond donors (Lipinski definition) is 2. The lowest BCUT2D eigenvalue weighted by Gasteiger charge is -2.13. The summed E-state index contributed by atoms with van der Waals surface area (Å²) in [4.78, 5) is 25.2. The van der Waals surface area contributed by atoms with Gasteiger partial charge in [0.15, 0.2) is 5.56 Å². The highest BCUT2D eigenvalue weighted by Gasteiger charge is 2.23. The van der Waals surface area contributed by atoms with Crippen LogP contribution in [-0.4, -0.2) is 11.0 Å². The van der Waals surface area contributed by atoms with Crippen molar-refractivity contribution < 1.29 is 19.1 Å². The number of amides is 1. The van der Waals surface area contributed by atoms with Crippen molar-refractivity contribution >= 4 is 34.2 Å². The summed E-state index contributed by atoms with van der Waals surface area (Å²) in [6.07, 6.45) is 0. The minimum atomic E-state index is -0.951. The fourth-order valence-corrected chi connectivity index (χ4v) is 3.41. The van der Waals surface area contributed by atoms with Crippen molar-refractivity contribution in [2.24, 2.45) is 0 Å². The average molecular weight is 436 g/mol. The SMILES string of the molecule is Cc1c(OCc2ccccc2)ccc2c(O)c(C(=O)Nc3cccc(Cl)c3)c(=O)oc12. The molecular weight excluding hydrogens is 418 g/mol. The Morgan fingerprint density at radius 3 is 2.61 bits per heavy atom. The topological polar surface area (TPSA) is 88.8 Å². The van der Waals surface area contributed by atoms with Gasteiger partial charge in [-0.3, -0.25) is 4.79 Å². The fourth-order valence-electron chi connectivity index (χ4n) is 3.22. The van der Waals surface area contributed by atoms with Crippen LogP contribution >= 0.6 is 11.6 Å². The van der Waals surface area contributed by atoms with Gasteiger partial charge in [-0.15, -0.1) is 0 Å². The van der Waals surface area contributed by atoms with Crippen molar-refractivity contribution in [1.82, 2.24) is 0 Å². The van der Waals surface area contributed by atoms with E-state index in [4.69, 9.17) is 20.8 Å². The summed E-state index contributed by atoms with van der Waals surface area (Å²) in [5.41, 5.74) is 0.643. The lowest BCUT2D eigenvalue weighted by molar-refractivity contribution is 0.102. The summed E-state index contributed by atoms with van der Waals surface area (Å²) >= 11 is 5.92. The van der Waals surface area contributed by atoms with Crippen LogP contribution in [0.2, 0.25) is 5.02 Å². The van der Waals surface area contributed by atoms with Gasteiger partial charge in [-0.2, -0.15) is 0 Å². The number of ether oxygens (including phenoxy) is 1. The maximum absolute atomic E-state index is 12.6. The van der Waals surface area contributed by atoms with Crippen molar-refractivity contribution in [2.75, 3.05) is 5.32 Å². The van der Waals surface area contributed by atoms with Crippen LogP contribution in [-0.2, 0) is 6.61 Å². The highest BCUT2D eigenvalue weighted by Crippen LogP contribution is 2.33. The molecule has 4 rings (SSSR count). The third-order valence-electron chi connectivity index (χ3n) is 4.79. The molecule has 0 atom stereocenters. The fraction of sp³-hybridized carbons (Fsp3) is 0.0833. The molecule has 0 bridgehead atoms. The van der Waals surface area contributed by atoms with E-state index in [1.165, 1.54) is 6.07 Å². The van der Waals surface area contributed by atoms with E-state index in [1.54, 1.807) is 37.3 Å². The van der Waals surface area contributed by atoms with Crippen molar-refractivity contribution in [3.05, 3.63) is 98.9 Å². The van der Waals surface area contributed by atoms with Crippen molar-refractivity contribution in [3.8, 4) is 11.5 Å². The molecule has 7 heteroatoms. The van der Waals surface area contributed by atoms with Gasteiger partial charge in [0, 0.05) is 16.3 Å². The summed E-state index contributed by atoms with van der Waals surface area (Å²) in [6, 6.07) is 19.3. The maximum Gasteiger partial charge on any atom is 0.353 e. The molecule has 0 radical (unpaired) electrons. The molecule has 1 heterocycles. The van der Waals surface area contributed by atoms with E-state index in [1.807, 2.05) is 30.3 Å². The van der Waals surface area contributed by atoms with Gasteiger partial charge in [-0.05, 0) is 42.8 Å². The zero-order valence-corrected chi connectivity index (χ0v) is 17.3. The standard InChI is InChI=1S/C24H18ClNO5/c1-14-19(30-13-15-6-3-2-4-7-15)11-10-18-21(27)20(24(29)31-22(14)18)23(28)26-17-9-5-8-16(25)12-17/h2-12,27H,13H2,1H3,(H,26,28). The Morgan fingerprint density at radius 2 is 1.87 bits per heavy atom. The lowest BCUT2D eigenvalue weighted by Crippen LogP contribution is -2.21. The minimum absolute atomic E-state index is 0.160. The van der Waals surface area contributed by atoms with E-state index in [0.717, 1.165) is 5.56 Å². The molecule has 3 aromatic carbocycles. The lowest BCUT2D eigenvalue weighted by atomic mass is 10.1. The Hall–Kier alpha value is -3.77. The van der Waals surface area contributed by atoms with Crippen LogP contribution in [0.4, 0.5) is 5.69 Å². The van der Waals surface area contributed by atoms with E-state index in [2.05, 4.69) is 5.32 Å². The predicted octanol–water partition coefficient (Wildman–Crippen LogP) is 5.29. The number of halogens is 1. The molecule has 0 aliphatic heterocycles. The highest BCUT2D eigenvalue weighted by atomic mass is 35.5. The number of fused-ring (bicyclic) bond motifs is 1. The smallest absolute Gasteiger partial charge is 0.353 e. The Balaban J connectivity index is 1.67. The van der Waals surface area contributed by atoms with Crippen molar-refractivity contribution in [3.63, 3.8) is 0 Å². The number of aromatic hydroxyl groups is 1. The molecule has 0 fully saturated rings. The van der Waals surface area contributed by atoms with Gasteiger partial charge in [-0.25, -0.2) is 4.79 Å². The minimum Gasteiger partial charge on any atom is -0.506 e. The maximum atomic E-state index is 12.6. The van der Waals surface area contributed by atoms with Gasteiger partial charge in [0.2, 0.25) is 0 Å². The molecule has 0 saturated heterocycles. The molecule has 0 unspecified atom stereocenters. The molecule has 1 aromatic heterocycles. The van der Waals surface area contributed by atoms with Crippen LogP contribution in [0.25, 0.3) is 11.0 Å². The second-order valence-corrected chi connectivity index (χ2v) is 7.35. The number of nitrogens with one attached hydrogen (secondary N) is 1. The third kappa shape index (κ3) is 4.25. The van der Waals surface area contributed by atoms with Crippen LogP contribution in [0, 0.1) is 6.92 Å². The first-order valence-electron chi connectivity index (χ1n) is 9.47. The van der Waals surface area contributed by atoms with E-state index >= 15 is 0 Å². The van der Waals surface area contributed by atoms with Gasteiger partial charge in [0.25, 0.3) is 5.91 Å². The summed E-state index contributed by atoms with van der Waals surface area (Å²) < 4.78 is 11.2. The largest absolute Gasteiger partial charge is 0.506 e. The van der Waals surface area contributed by atoms with Crippen LogP contribution in [0.15, 0.2) is 75.9 Å². The summed E-state index contributed by atoms with van der Waals surface area (Å²) in [7, 11) is 0. The Bertz CT molecular complexity index is 1330. The molecule has 0 aliphatic carbocycles. The first kappa shape index (κ1) is 20.5. The zero-order chi connectivity index (χ0) is 22.0. The number of carbonyl (C=O) groups excluding carboxylic acids is 1. The Labute approximate surface area is 182 Å².